The Morgan fingerprint density at radius 2 is 2.16 bits per heavy atom. The summed E-state index contributed by atoms with van der Waals surface area (Å²) in [5.41, 5.74) is 7.22. The van der Waals surface area contributed by atoms with E-state index in [1.54, 1.807) is 11.0 Å². The minimum Gasteiger partial charge on any atom is -0.338 e. The summed E-state index contributed by atoms with van der Waals surface area (Å²) in [5.74, 6) is -0.473. The van der Waals surface area contributed by atoms with Gasteiger partial charge in [-0.15, -0.1) is 0 Å². The molecule has 1 fully saturated rings. The summed E-state index contributed by atoms with van der Waals surface area (Å²) in [4.78, 5) is 14.3. The van der Waals surface area contributed by atoms with E-state index in [1.807, 2.05) is 6.92 Å². The minimum atomic E-state index is -0.373. The molecule has 2 rings (SSSR count). The molecule has 2 N–H and O–H groups in total. The summed E-state index contributed by atoms with van der Waals surface area (Å²) >= 11 is 0. The molecule has 0 radical (unpaired) electrons. The standard InChI is InChI=1S/C15H21FN2O/c1-10-4-5-11(16)8-12(10)14(19)18-7-6-13(17)15(2,3)9-18/h4-5,8,13H,6-7,9,17H2,1-3H3. The van der Waals surface area contributed by atoms with Crippen LogP contribution in [0, 0.1) is 18.2 Å². The van der Waals surface area contributed by atoms with Gasteiger partial charge in [-0.25, -0.2) is 4.39 Å². The van der Waals surface area contributed by atoms with E-state index < -0.39 is 0 Å². The topological polar surface area (TPSA) is 46.3 Å². The number of nitrogens with two attached hydrogens (primary N) is 1. The third-order valence-corrected chi connectivity index (χ3v) is 4.03. The van der Waals surface area contributed by atoms with E-state index in [0.717, 1.165) is 12.0 Å². The van der Waals surface area contributed by atoms with Crippen molar-refractivity contribution < 1.29 is 9.18 Å². The largest absolute Gasteiger partial charge is 0.338 e. The maximum atomic E-state index is 13.3. The molecule has 0 spiro atoms. The van der Waals surface area contributed by atoms with E-state index in [0.29, 0.717) is 18.7 Å². The number of halogens is 1. The number of benzene rings is 1. The van der Waals surface area contributed by atoms with Crippen molar-refractivity contribution in [3.63, 3.8) is 0 Å². The number of likely N-dealkylation sites (tertiary alicyclic amines) is 1. The summed E-state index contributed by atoms with van der Waals surface area (Å²) in [5, 5.41) is 0. The zero-order valence-electron chi connectivity index (χ0n) is 11.7. The Morgan fingerprint density at radius 1 is 1.47 bits per heavy atom. The summed E-state index contributed by atoms with van der Waals surface area (Å²) in [6.45, 7) is 7.21. The van der Waals surface area contributed by atoms with Gasteiger partial charge < -0.3 is 10.6 Å². The Labute approximate surface area is 113 Å². The van der Waals surface area contributed by atoms with E-state index in [9.17, 15) is 9.18 Å². The van der Waals surface area contributed by atoms with Gasteiger partial charge in [0, 0.05) is 24.7 Å². The molecule has 1 aromatic rings. The van der Waals surface area contributed by atoms with E-state index >= 15 is 0 Å². The molecule has 0 bridgehead atoms. The lowest BCUT2D eigenvalue weighted by Gasteiger charge is -2.42. The van der Waals surface area contributed by atoms with Crippen LogP contribution in [-0.2, 0) is 0 Å². The zero-order chi connectivity index (χ0) is 14.2. The molecule has 1 aliphatic rings. The monoisotopic (exact) mass is 264 g/mol. The predicted molar refractivity (Wildman–Crippen MR) is 73.4 cm³/mol. The maximum Gasteiger partial charge on any atom is 0.254 e. The highest BCUT2D eigenvalue weighted by atomic mass is 19.1. The predicted octanol–water partition coefficient (Wildman–Crippen LogP) is 2.33. The molecule has 1 saturated heterocycles. The lowest BCUT2D eigenvalue weighted by molar-refractivity contribution is 0.0532. The molecule has 104 valence electrons. The highest BCUT2D eigenvalue weighted by molar-refractivity contribution is 5.95. The number of hydrogen-bond donors (Lipinski definition) is 1. The second kappa shape index (κ2) is 4.93. The van der Waals surface area contributed by atoms with Crippen LogP contribution < -0.4 is 5.73 Å². The molecule has 1 aliphatic heterocycles. The van der Waals surface area contributed by atoms with Gasteiger partial charge in [-0.1, -0.05) is 19.9 Å². The van der Waals surface area contributed by atoms with E-state index in [-0.39, 0.29) is 23.2 Å². The van der Waals surface area contributed by atoms with Gasteiger partial charge in [0.1, 0.15) is 5.82 Å². The van der Waals surface area contributed by atoms with Crippen LogP contribution in [0.2, 0.25) is 0 Å². The van der Waals surface area contributed by atoms with Crippen LogP contribution in [0.3, 0.4) is 0 Å². The fourth-order valence-corrected chi connectivity index (χ4v) is 2.54. The second-order valence-electron chi connectivity index (χ2n) is 6.07. The Balaban J connectivity index is 2.23. The fourth-order valence-electron chi connectivity index (χ4n) is 2.54. The van der Waals surface area contributed by atoms with Crippen molar-refractivity contribution in [1.29, 1.82) is 0 Å². The van der Waals surface area contributed by atoms with E-state index in [4.69, 9.17) is 5.73 Å². The van der Waals surface area contributed by atoms with E-state index in [2.05, 4.69) is 13.8 Å². The first-order valence-corrected chi connectivity index (χ1v) is 6.62. The Kier molecular flexibility index (Phi) is 3.63. The van der Waals surface area contributed by atoms with Crippen molar-refractivity contribution in [2.75, 3.05) is 13.1 Å². The van der Waals surface area contributed by atoms with Gasteiger partial charge in [0.15, 0.2) is 0 Å². The number of carbonyl (C=O) groups is 1. The molecule has 1 amide bonds. The molecule has 1 atom stereocenters. The van der Waals surface area contributed by atoms with Crippen LogP contribution in [-0.4, -0.2) is 29.9 Å². The van der Waals surface area contributed by atoms with Crippen LogP contribution in [0.15, 0.2) is 18.2 Å². The van der Waals surface area contributed by atoms with Crippen molar-refractivity contribution in [2.24, 2.45) is 11.1 Å². The highest BCUT2D eigenvalue weighted by Gasteiger charge is 2.35. The number of hydrogen-bond acceptors (Lipinski definition) is 2. The van der Waals surface area contributed by atoms with Gasteiger partial charge >= 0.3 is 0 Å². The van der Waals surface area contributed by atoms with Crippen LogP contribution >= 0.6 is 0 Å². The third kappa shape index (κ3) is 2.78. The molecule has 3 nitrogen and oxygen atoms in total. The molecule has 1 aromatic carbocycles. The number of aryl methyl sites for hydroxylation is 1. The van der Waals surface area contributed by atoms with Crippen LogP contribution in [0.25, 0.3) is 0 Å². The zero-order valence-corrected chi connectivity index (χ0v) is 11.7. The number of nitrogens with zero attached hydrogens (tertiary/aromatic N) is 1. The molecule has 0 aromatic heterocycles. The molecule has 0 aliphatic carbocycles. The first-order chi connectivity index (χ1) is 8.81. The number of carbonyl (C=O) groups excluding carboxylic acids is 1. The number of amides is 1. The molecule has 1 unspecified atom stereocenters. The van der Waals surface area contributed by atoms with Gasteiger partial charge in [0.05, 0.1) is 0 Å². The third-order valence-electron chi connectivity index (χ3n) is 4.03. The van der Waals surface area contributed by atoms with Gasteiger partial charge in [0.25, 0.3) is 5.91 Å². The number of rotatable bonds is 1. The van der Waals surface area contributed by atoms with Gasteiger partial charge in [0.2, 0.25) is 0 Å². The highest BCUT2D eigenvalue weighted by Crippen LogP contribution is 2.29. The van der Waals surface area contributed by atoms with Crippen molar-refractivity contribution in [3.8, 4) is 0 Å². The summed E-state index contributed by atoms with van der Waals surface area (Å²) in [6.07, 6.45) is 0.785. The summed E-state index contributed by atoms with van der Waals surface area (Å²) in [6, 6.07) is 4.44. The molecule has 4 heteroatoms. The van der Waals surface area contributed by atoms with Crippen molar-refractivity contribution in [3.05, 3.63) is 35.1 Å². The fraction of sp³-hybridized carbons (Fsp3) is 0.533. The van der Waals surface area contributed by atoms with Crippen LogP contribution in [0.5, 0.6) is 0 Å². The summed E-state index contributed by atoms with van der Waals surface area (Å²) in [7, 11) is 0. The molecule has 1 heterocycles. The molecule has 19 heavy (non-hydrogen) atoms. The molecule has 0 saturated carbocycles. The average Bonchev–Trinajstić information content (AvgIpc) is 2.35. The first kappa shape index (κ1) is 14.0. The van der Waals surface area contributed by atoms with Gasteiger partial charge in [-0.3, -0.25) is 4.79 Å². The SMILES string of the molecule is Cc1ccc(F)cc1C(=O)N1CCC(N)C(C)(C)C1. The molecular weight excluding hydrogens is 243 g/mol. The van der Waals surface area contributed by atoms with Gasteiger partial charge in [-0.05, 0) is 36.5 Å². The minimum absolute atomic E-state index is 0.100. The second-order valence-corrected chi connectivity index (χ2v) is 6.07. The van der Waals surface area contributed by atoms with Crippen LogP contribution in [0.1, 0.15) is 36.2 Å². The van der Waals surface area contributed by atoms with Crippen LogP contribution in [0.4, 0.5) is 4.39 Å². The lowest BCUT2D eigenvalue weighted by atomic mass is 9.79. The van der Waals surface area contributed by atoms with Crippen molar-refractivity contribution >= 4 is 5.91 Å². The Bertz CT molecular complexity index is 499. The van der Waals surface area contributed by atoms with Crippen molar-refractivity contribution in [1.82, 2.24) is 4.90 Å². The lowest BCUT2D eigenvalue weighted by Crippen LogP contribution is -2.54. The first-order valence-electron chi connectivity index (χ1n) is 6.62. The van der Waals surface area contributed by atoms with E-state index in [1.165, 1.54) is 12.1 Å². The Hall–Kier alpha value is -1.42. The smallest absolute Gasteiger partial charge is 0.254 e. The number of piperidine rings is 1. The Morgan fingerprint density at radius 3 is 2.79 bits per heavy atom. The quantitative estimate of drug-likeness (QED) is 0.846. The van der Waals surface area contributed by atoms with Crippen molar-refractivity contribution in [2.45, 2.75) is 33.2 Å². The molecular formula is C15H21FN2O. The average molecular weight is 264 g/mol. The van der Waals surface area contributed by atoms with Gasteiger partial charge in [-0.2, -0.15) is 0 Å². The summed E-state index contributed by atoms with van der Waals surface area (Å²) < 4.78 is 13.3. The normalized spacial score (nSPS) is 22.4. The maximum absolute atomic E-state index is 13.3.